The average molecular weight is 427 g/mol. The van der Waals surface area contributed by atoms with E-state index in [1.807, 2.05) is 38.1 Å². The zero-order chi connectivity index (χ0) is 21.5. The zero-order valence-corrected chi connectivity index (χ0v) is 18.6. The number of anilines is 1. The van der Waals surface area contributed by atoms with Crippen LogP contribution < -0.4 is 14.7 Å². The molecule has 1 fully saturated rings. The van der Waals surface area contributed by atoms with Gasteiger partial charge in [-0.1, -0.05) is 29.8 Å². The number of benzene rings is 2. The molecule has 2 aromatic carbocycles. The second-order valence-electron chi connectivity index (χ2n) is 8.28. The van der Waals surface area contributed by atoms with Gasteiger partial charge in [-0.3, -0.25) is 4.79 Å². The summed E-state index contributed by atoms with van der Waals surface area (Å²) in [7, 11) is 0. The summed E-state index contributed by atoms with van der Waals surface area (Å²) in [6.07, 6.45) is 0.340. The van der Waals surface area contributed by atoms with Crippen molar-refractivity contribution in [2.24, 2.45) is 0 Å². The minimum Gasteiger partial charge on any atom is -0.322 e. The van der Waals surface area contributed by atoms with Crippen LogP contribution in [0.3, 0.4) is 0 Å². The number of quaternary nitrogens is 2. The normalized spacial score (nSPS) is 18.6. The number of carbonyl (C=O) groups is 1. The summed E-state index contributed by atoms with van der Waals surface area (Å²) < 4.78 is 0. The Hall–Kier alpha value is -2.39. The van der Waals surface area contributed by atoms with Crippen LogP contribution in [-0.4, -0.2) is 45.2 Å². The minimum absolute atomic E-state index is 0.103. The molecule has 1 saturated heterocycles. The monoisotopic (exact) mass is 426 g/mol. The van der Waals surface area contributed by atoms with Crippen molar-refractivity contribution in [3.63, 3.8) is 0 Å². The number of carbonyl (C=O) groups excluding carboxylic acids is 1. The Balaban J connectivity index is 1.57. The highest BCUT2D eigenvalue weighted by Crippen LogP contribution is 2.19. The first kappa shape index (κ1) is 22.3. The standard InChI is InChI=1S/C24H29ClN4O/c1-19-14-20(2)16-23(15-19)29(9-3-8-26)24(30)18-28-12-10-27(11-13-28)17-21-4-6-22(25)7-5-21/h4-7,14-16H,3,9-13,17-18H2,1-2H3/p+2. The predicted molar refractivity (Wildman–Crippen MR) is 120 cm³/mol. The molecule has 0 aliphatic carbocycles. The van der Waals surface area contributed by atoms with E-state index < -0.39 is 0 Å². The Morgan fingerprint density at radius 2 is 1.63 bits per heavy atom. The van der Waals surface area contributed by atoms with E-state index in [1.165, 1.54) is 10.5 Å². The van der Waals surface area contributed by atoms with E-state index in [0.717, 1.165) is 54.6 Å². The quantitative estimate of drug-likeness (QED) is 0.698. The van der Waals surface area contributed by atoms with Crippen molar-refractivity contribution in [1.82, 2.24) is 0 Å². The maximum absolute atomic E-state index is 13.1. The van der Waals surface area contributed by atoms with Gasteiger partial charge in [0.2, 0.25) is 0 Å². The molecule has 0 aromatic heterocycles. The summed E-state index contributed by atoms with van der Waals surface area (Å²) in [6.45, 7) is 10.1. The molecule has 0 bridgehead atoms. The highest BCUT2D eigenvalue weighted by molar-refractivity contribution is 6.30. The second kappa shape index (κ2) is 10.6. The first-order valence-corrected chi connectivity index (χ1v) is 11.0. The van der Waals surface area contributed by atoms with E-state index in [0.29, 0.717) is 19.5 Å². The van der Waals surface area contributed by atoms with Gasteiger partial charge in [-0.15, -0.1) is 0 Å². The van der Waals surface area contributed by atoms with Crippen molar-refractivity contribution in [1.29, 1.82) is 5.26 Å². The Labute approximate surface area is 184 Å². The number of rotatable bonds is 7. The molecule has 1 aliphatic rings. The van der Waals surface area contributed by atoms with Crippen molar-refractivity contribution in [3.05, 3.63) is 64.2 Å². The van der Waals surface area contributed by atoms with E-state index >= 15 is 0 Å². The molecule has 5 nitrogen and oxygen atoms in total. The van der Waals surface area contributed by atoms with Gasteiger partial charge in [0.15, 0.2) is 6.54 Å². The summed E-state index contributed by atoms with van der Waals surface area (Å²) >= 11 is 5.98. The maximum atomic E-state index is 13.1. The third-order valence-electron chi connectivity index (χ3n) is 5.70. The summed E-state index contributed by atoms with van der Waals surface area (Å²) in [5, 5.41) is 9.81. The number of nitrogens with one attached hydrogen (secondary N) is 2. The molecule has 6 heteroatoms. The average Bonchev–Trinajstić information content (AvgIpc) is 2.71. The van der Waals surface area contributed by atoms with Crippen LogP contribution in [0, 0.1) is 25.2 Å². The second-order valence-corrected chi connectivity index (χ2v) is 8.72. The molecule has 0 atom stereocenters. The van der Waals surface area contributed by atoms with Gasteiger partial charge < -0.3 is 14.7 Å². The molecule has 1 amide bonds. The molecule has 2 N–H and O–H groups in total. The summed E-state index contributed by atoms with van der Waals surface area (Å²) in [5.41, 5.74) is 4.46. The predicted octanol–water partition coefficient (Wildman–Crippen LogP) is 1.19. The van der Waals surface area contributed by atoms with Gasteiger partial charge in [-0.2, -0.15) is 5.26 Å². The van der Waals surface area contributed by atoms with E-state index in [4.69, 9.17) is 16.9 Å². The highest BCUT2D eigenvalue weighted by atomic mass is 35.5. The Morgan fingerprint density at radius 1 is 1.03 bits per heavy atom. The minimum atomic E-state index is 0.103. The first-order chi connectivity index (χ1) is 14.4. The summed E-state index contributed by atoms with van der Waals surface area (Å²) in [5.74, 6) is 0.103. The number of amides is 1. The number of aryl methyl sites for hydroxylation is 2. The fourth-order valence-corrected chi connectivity index (χ4v) is 4.30. The van der Waals surface area contributed by atoms with Gasteiger partial charge in [0.1, 0.15) is 32.7 Å². The Bertz CT molecular complexity index is 878. The molecule has 0 unspecified atom stereocenters. The van der Waals surface area contributed by atoms with Crippen LogP contribution >= 0.6 is 11.6 Å². The smallest absolute Gasteiger partial charge is 0.282 e. The van der Waals surface area contributed by atoms with Gasteiger partial charge in [0.05, 0.1) is 12.5 Å². The lowest BCUT2D eigenvalue weighted by atomic mass is 10.1. The fraction of sp³-hybridized carbons (Fsp3) is 0.417. The molecule has 0 saturated carbocycles. The van der Waals surface area contributed by atoms with E-state index in [2.05, 4.69) is 24.3 Å². The zero-order valence-electron chi connectivity index (χ0n) is 17.9. The van der Waals surface area contributed by atoms with Gasteiger partial charge in [0.25, 0.3) is 5.91 Å². The molecule has 2 aromatic rings. The van der Waals surface area contributed by atoms with Gasteiger partial charge in [-0.25, -0.2) is 0 Å². The van der Waals surface area contributed by atoms with E-state index in [1.54, 1.807) is 9.80 Å². The number of hydrogen-bond donors (Lipinski definition) is 2. The molecular weight excluding hydrogens is 396 g/mol. The lowest BCUT2D eigenvalue weighted by Crippen LogP contribution is -3.28. The molecule has 1 aliphatic heterocycles. The largest absolute Gasteiger partial charge is 0.322 e. The van der Waals surface area contributed by atoms with Gasteiger partial charge >= 0.3 is 0 Å². The van der Waals surface area contributed by atoms with Crippen LogP contribution in [0.5, 0.6) is 0 Å². The van der Waals surface area contributed by atoms with Crippen molar-refractivity contribution in [2.75, 3.05) is 44.2 Å². The SMILES string of the molecule is Cc1cc(C)cc(N(CCC#N)C(=O)C[NH+]2CC[NH+](Cc3ccc(Cl)cc3)CC2)c1. The maximum Gasteiger partial charge on any atom is 0.282 e. The van der Waals surface area contributed by atoms with Crippen molar-refractivity contribution >= 4 is 23.2 Å². The van der Waals surface area contributed by atoms with Crippen LogP contribution in [-0.2, 0) is 11.3 Å². The number of piperazine rings is 1. The third-order valence-corrected chi connectivity index (χ3v) is 5.95. The molecule has 3 rings (SSSR count). The number of nitrogens with zero attached hydrogens (tertiary/aromatic N) is 2. The number of nitriles is 1. The molecule has 0 radical (unpaired) electrons. The topological polar surface area (TPSA) is 53.0 Å². The number of hydrogen-bond acceptors (Lipinski definition) is 2. The lowest BCUT2D eigenvalue weighted by Gasteiger charge is -2.31. The first-order valence-electron chi connectivity index (χ1n) is 10.6. The van der Waals surface area contributed by atoms with Crippen LogP contribution in [0.2, 0.25) is 5.02 Å². The molecule has 1 heterocycles. The Kier molecular flexibility index (Phi) is 7.87. The van der Waals surface area contributed by atoms with Gasteiger partial charge in [0, 0.05) is 22.8 Å². The lowest BCUT2D eigenvalue weighted by molar-refractivity contribution is -1.02. The summed E-state index contributed by atoms with van der Waals surface area (Å²) in [4.78, 5) is 17.8. The van der Waals surface area contributed by atoms with Gasteiger partial charge in [-0.05, 0) is 49.2 Å². The summed E-state index contributed by atoms with van der Waals surface area (Å²) in [6, 6.07) is 16.4. The highest BCUT2D eigenvalue weighted by Gasteiger charge is 2.27. The third kappa shape index (κ3) is 6.30. The molecule has 158 valence electrons. The van der Waals surface area contributed by atoms with Crippen LogP contribution in [0.15, 0.2) is 42.5 Å². The van der Waals surface area contributed by atoms with Crippen LogP contribution in [0.25, 0.3) is 0 Å². The van der Waals surface area contributed by atoms with Crippen molar-refractivity contribution in [2.45, 2.75) is 26.8 Å². The van der Waals surface area contributed by atoms with Crippen LogP contribution in [0.4, 0.5) is 5.69 Å². The molecule has 0 spiro atoms. The molecule has 30 heavy (non-hydrogen) atoms. The van der Waals surface area contributed by atoms with E-state index in [9.17, 15) is 4.79 Å². The van der Waals surface area contributed by atoms with Crippen molar-refractivity contribution < 1.29 is 14.6 Å². The Morgan fingerprint density at radius 3 is 2.23 bits per heavy atom. The number of halogens is 1. The fourth-order valence-electron chi connectivity index (χ4n) is 4.18. The molecular formula is C24H31ClN4O+2. The van der Waals surface area contributed by atoms with E-state index in [-0.39, 0.29) is 5.91 Å². The van der Waals surface area contributed by atoms with Crippen LogP contribution in [0.1, 0.15) is 23.1 Å². The van der Waals surface area contributed by atoms with Crippen molar-refractivity contribution in [3.8, 4) is 6.07 Å².